The molecule has 1 heterocycles. The Kier molecular flexibility index (Phi) is 7.85. The van der Waals surface area contributed by atoms with Gasteiger partial charge in [0.1, 0.15) is 11.3 Å². The maximum Gasteiger partial charge on any atom is 0.135 e. The standard InChI is InChI=1S/C52H35NO/c1-2-11-39(12-3-1)49-18-7-8-19-50(49)53(46-31-32-48-42(34-46)26-25-40-13-4-6-17-47(40)48)45-29-27-37(28-30-45)36-21-23-38(24-22-36)41-15-10-16-43(33-41)52-35-44-14-5-9-20-51(44)54-52/h1-35H. The van der Waals surface area contributed by atoms with Crippen molar-refractivity contribution in [3.8, 4) is 44.7 Å². The van der Waals surface area contributed by atoms with Crippen LogP contribution in [0.5, 0.6) is 0 Å². The third kappa shape index (κ3) is 5.81. The van der Waals surface area contributed by atoms with Crippen LogP contribution in [0.4, 0.5) is 17.1 Å². The Morgan fingerprint density at radius 2 is 0.907 bits per heavy atom. The maximum absolute atomic E-state index is 6.16. The minimum Gasteiger partial charge on any atom is -0.456 e. The molecule has 0 aliphatic rings. The van der Waals surface area contributed by atoms with Crippen molar-refractivity contribution in [2.75, 3.05) is 4.90 Å². The number of rotatable bonds is 7. The molecule has 0 amide bonds. The highest BCUT2D eigenvalue weighted by Gasteiger charge is 2.18. The first kappa shape index (κ1) is 31.6. The molecule has 0 spiro atoms. The van der Waals surface area contributed by atoms with Crippen LogP contribution in [-0.2, 0) is 0 Å². The average molecular weight is 690 g/mol. The van der Waals surface area contributed by atoms with E-state index < -0.39 is 0 Å². The number of hydrogen-bond acceptors (Lipinski definition) is 2. The van der Waals surface area contributed by atoms with Gasteiger partial charge in [-0.25, -0.2) is 0 Å². The van der Waals surface area contributed by atoms with E-state index in [1.807, 2.05) is 18.2 Å². The lowest BCUT2D eigenvalue weighted by atomic mass is 9.98. The van der Waals surface area contributed by atoms with Gasteiger partial charge in [0.25, 0.3) is 0 Å². The molecule has 0 unspecified atom stereocenters. The lowest BCUT2D eigenvalue weighted by molar-refractivity contribution is 0.631. The zero-order chi connectivity index (χ0) is 35.8. The van der Waals surface area contributed by atoms with Gasteiger partial charge in [0.05, 0.1) is 5.69 Å². The molecule has 0 bridgehead atoms. The predicted molar refractivity (Wildman–Crippen MR) is 228 cm³/mol. The van der Waals surface area contributed by atoms with Gasteiger partial charge in [0, 0.05) is 27.9 Å². The van der Waals surface area contributed by atoms with Crippen molar-refractivity contribution < 1.29 is 4.42 Å². The van der Waals surface area contributed by atoms with Crippen molar-refractivity contribution in [3.05, 3.63) is 212 Å². The Bertz CT molecular complexity index is 2890. The normalized spacial score (nSPS) is 11.3. The summed E-state index contributed by atoms with van der Waals surface area (Å²) in [6, 6.07) is 75.9. The first-order valence-corrected chi connectivity index (χ1v) is 18.4. The van der Waals surface area contributed by atoms with Crippen LogP contribution in [0.25, 0.3) is 77.2 Å². The van der Waals surface area contributed by atoms with Crippen LogP contribution >= 0.6 is 0 Å². The molecule has 0 saturated carbocycles. The summed E-state index contributed by atoms with van der Waals surface area (Å²) < 4.78 is 6.16. The van der Waals surface area contributed by atoms with Crippen LogP contribution in [0.1, 0.15) is 0 Å². The fourth-order valence-electron chi connectivity index (χ4n) is 7.73. The molecule has 1 aromatic heterocycles. The molecule has 0 atom stereocenters. The number of furan rings is 1. The zero-order valence-electron chi connectivity index (χ0n) is 29.6. The second-order valence-corrected chi connectivity index (χ2v) is 13.8. The molecule has 0 N–H and O–H groups in total. The highest BCUT2D eigenvalue weighted by atomic mass is 16.3. The number of anilines is 3. The molecule has 54 heavy (non-hydrogen) atoms. The molecular formula is C52H35NO. The molecule has 2 nitrogen and oxygen atoms in total. The summed E-state index contributed by atoms with van der Waals surface area (Å²) in [6.07, 6.45) is 0. The topological polar surface area (TPSA) is 16.4 Å². The summed E-state index contributed by atoms with van der Waals surface area (Å²) in [5, 5.41) is 6.11. The second-order valence-electron chi connectivity index (χ2n) is 13.8. The molecule has 254 valence electrons. The van der Waals surface area contributed by atoms with Crippen LogP contribution in [-0.4, -0.2) is 0 Å². The van der Waals surface area contributed by atoms with E-state index in [2.05, 4.69) is 199 Å². The van der Waals surface area contributed by atoms with E-state index in [1.165, 1.54) is 49.4 Å². The van der Waals surface area contributed by atoms with E-state index in [9.17, 15) is 0 Å². The summed E-state index contributed by atoms with van der Waals surface area (Å²) >= 11 is 0. The highest BCUT2D eigenvalue weighted by molar-refractivity contribution is 6.08. The molecule has 0 saturated heterocycles. The van der Waals surface area contributed by atoms with Crippen LogP contribution in [0.3, 0.4) is 0 Å². The maximum atomic E-state index is 6.16. The molecule has 0 radical (unpaired) electrons. The zero-order valence-corrected chi connectivity index (χ0v) is 29.6. The Hall–Kier alpha value is -7.16. The number of nitrogens with zero attached hydrogens (tertiary/aromatic N) is 1. The average Bonchev–Trinajstić information content (AvgIpc) is 3.69. The molecule has 10 rings (SSSR count). The fourth-order valence-corrected chi connectivity index (χ4v) is 7.73. The number of para-hydroxylation sites is 2. The lowest BCUT2D eigenvalue weighted by Crippen LogP contribution is -2.11. The van der Waals surface area contributed by atoms with Crippen molar-refractivity contribution in [1.29, 1.82) is 0 Å². The first-order chi connectivity index (χ1) is 26.7. The quantitative estimate of drug-likeness (QED) is 0.155. The van der Waals surface area contributed by atoms with Crippen molar-refractivity contribution >= 4 is 49.6 Å². The minimum absolute atomic E-state index is 0.882. The van der Waals surface area contributed by atoms with E-state index in [0.717, 1.165) is 44.9 Å². The highest BCUT2D eigenvalue weighted by Crippen LogP contribution is 2.43. The smallest absolute Gasteiger partial charge is 0.135 e. The van der Waals surface area contributed by atoms with Crippen molar-refractivity contribution in [2.24, 2.45) is 0 Å². The van der Waals surface area contributed by atoms with E-state index in [0.29, 0.717) is 0 Å². The first-order valence-electron chi connectivity index (χ1n) is 18.4. The Morgan fingerprint density at radius 3 is 1.72 bits per heavy atom. The van der Waals surface area contributed by atoms with Gasteiger partial charge in [0.15, 0.2) is 0 Å². The van der Waals surface area contributed by atoms with Gasteiger partial charge in [-0.1, -0.05) is 164 Å². The van der Waals surface area contributed by atoms with Crippen LogP contribution in [0, 0.1) is 0 Å². The van der Waals surface area contributed by atoms with Gasteiger partial charge in [-0.05, 0) is 97.9 Å². The van der Waals surface area contributed by atoms with Crippen LogP contribution in [0.2, 0.25) is 0 Å². The van der Waals surface area contributed by atoms with Crippen LogP contribution < -0.4 is 4.90 Å². The SMILES string of the molecule is c1ccc(-c2ccccc2N(c2ccc(-c3ccc(-c4cccc(-c5cc6ccccc6o5)c4)cc3)cc2)c2ccc3c(ccc4ccccc43)c2)cc1. The summed E-state index contributed by atoms with van der Waals surface area (Å²) in [5.41, 5.74) is 12.4. The predicted octanol–water partition coefficient (Wildman–Crippen LogP) is 14.9. The molecular weight excluding hydrogens is 655 g/mol. The Labute approximate surface area is 314 Å². The second kappa shape index (κ2) is 13.4. The molecule has 0 aliphatic heterocycles. The van der Waals surface area contributed by atoms with Crippen molar-refractivity contribution in [3.63, 3.8) is 0 Å². The number of hydrogen-bond donors (Lipinski definition) is 0. The molecule has 2 heteroatoms. The molecule has 0 aliphatic carbocycles. The fraction of sp³-hybridized carbons (Fsp3) is 0. The largest absolute Gasteiger partial charge is 0.456 e. The van der Waals surface area contributed by atoms with E-state index in [1.54, 1.807) is 0 Å². The van der Waals surface area contributed by atoms with E-state index in [4.69, 9.17) is 4.42 Å². The number of fused-ring (bicyclic) bond motifs is 4. The van der Waals surface area contributed by atoms with Gasteiger partial charge in [0.2, 0.25) is 0 Å². The van der Waals surface area contributed by atoms with Crippen molar-refractivity contribution in [2.45, 2.75) is 0 Å². The van der Waals surface area contributed by atoms with Crippen molar-refractivity contribution in [1.82, 2.24) is 0 Å². The van der Waals surface area contributed by atoms with E-state index >= 15 is 0 Å². The van der Waals surface area contributed by atoms with Gasteiger partial charge < -0.3 is 9.32 Å². The van der Waals surface area contributed by atoms with Crippen LogP contribution in [0.15, 0.2) is 217 Å². The lowest BCUT2D eigenvalue weighted by Gasteiger charge is -2.28. The monoisotopic (exact) mass is 689 g/mol. The Morgan fingerprint density at radius 1 is 0.315 bits per heavy atom. The van der Waals surface area contributed by atoms with Gasteiger partial charge in [-0.2, -0.15) is 0 Å². The summed E-state index contributed by atoms with van der Waals surface area (Å²) in [4.78, 5) is 2.39. The molecule has 9 aromatic carbocycles. The molecule has 10 aromatic rings. The van der Waals surface area contributed by atoms with Gasteiger partial charge in [-0.15, -0.1) is 0 Å². The third-order valence-electron chi connectivity index (χ3n) is 10.5. The number of benzene rings is 9. The molecule has 0 fully saturated rings. The van der Waals surface area contributed by atoms with Gasteiger partial charge in [-0.3, -0.25) is 0 Å². The summed E-state index contributed by atoms with van der Waals surface area (Å²) in [6.45, 7) is 0. The van der Waals surface area contributed by atoms with Gasteiger partial charge >= 0.3 is 0 Å². The van der Waals surface area contributed by atoms with E-state index in [-0.39, 0.29) is 0 Å². The summed E-state index contributed by atoms with van der Waals surface area (Å²) in [7, 11) is 0. The Balaban J connectivity index is 1.00. The summed E-state index contributed by atoms with van der Waals surface area (Å²) in [5.74, 6) is 0.882. The third-order valence-corrected chi connectivity index (χ3v) is 10.5. The minimum atomic E-state index is 0.882.